The Morgan fingerprint density at radius 2 is 1.24 bits per heavy atom. The molecule has 1 aromatic carbocycles. The van der Waals surface area contributed by atoms with Crippen molar-refractivity contribution < 1.29 is 4.74 Å². The molecule has 0 spiro atoms. The largest absolute Gasteiger partial charge is 0.490 e. The van der Waals surface area contributed by atoms with Gasteiger partial charge in [0, 0.05) is 21.7 Å². The van der Waals surface area contributed by atoms with Gasteiger partial charge in [0.1, 0.15) is 0 Å². The van der Waals surface area contributed by atoms with Gasteiger partial charge < -0.3 is 4.74 Å². The van der Waals surface area contributed by atoms with E-state index in [1.54, 1.807) is 5.67 Å². The first-order valence-corrected chi connectivity index (χ1v) is 22.3. The molecule has 0 unspecified atom stereocenters. The van der Waals surface area contributed by atoms with Gasteiger partial charge in [-0.1, -0.05) is 140 Å². The molecule has 0 fully saturated rings. The number of hydrogen-bond donors (Lipinski definition) is 0. The van der Waals surface area contributed by atoms with Crippen molar-refractivity contribution in [1.82, 2.24) is 9.97 Å². The number of benzene rings is 1. The van der Waals surface area contributed by atoms with E-state index in [0.29, 0.717) is 0 Å². The fraction of sp³-hybridized carbons (Fsp3) is 0.688. The van der Waals surface area contributed by atoms with Gasteiger partial charge in [0.25, 0.3) is 0 Å². The molecule has 0 aliphatic carbocycles. The molecule has 1 heterocycles. The van der Waals surface area contributed by atoms with Crippen molar-refractivity contribution in [3.63, 3.8) is 0 Å². The van der Waals surface area contributed by atoms with Crippen LogP contribution in [0.25, 0.3) is 11.4 Å². The topological polar surface area (TPSA) is 35.0 Å². The summed E-state index contributed by atoms with van der Waals surface area (Å²) < 4.78 is 5.85. The Balaban J connectivity index is 1.61. The van der Waals surface area contributed by atoms with Crippen molar-refractivity contribution in [2.24, 2.45) is 0 Å². The van der Waals surface area contributed by atoms with Gasteiger partial charge in [-0.2, -0.15) is 0 Å². The highest BCUT2D eigenvalue weighted by molar-refractivity contribution is 6.94. The van der Waals surface area contributed by atoms with Gasteiger partial charge in [0.05, 0.1) is 19.0 Å². The molecule has 208 valence electrons. The van der Waals surface area contributed by atoms with Crippen LogP contribution in [0, 0.1) is 0 Å². The molecule has 0 bridgehead atoms. The molecule has 0 amide bonds. The second-order valence-electron chi connectivity index (χ2n) is 13.1. The summed E-state index contributed by atoms with van der Waals surface area (Å²) in [6.07, 6.45) is 20.7. The molecule has 0 saturated heterocycles. The van der Waals surface area contributed by atoms with E-state index >= 15 is 0 Å². The number of ether oxygens (including phenoxy) is 1. The number of unbranched alkanes of at least 4 members (excludes halogenated alkanes) is 10. The number of nitrogens with zero attached hydrogens (tertiary/aromatic N) is 2. The highest BCUT2D eigenvalue weighted by Gasteiger charge is 2.27. The van der Waals surface area contributed by atoms with Crippen molar-refractivity contribution in [3.8, 4) is 17.1 Å². The molecule has 1 aromatic heterocycles. The zero-order chi connectivity index (χ0) is 27.0. The Hall–Kier alpha value is -1.47. The van der Waals surface area contributed by atoms with Gasteiger partial charge in [0.15, 0.2) is 11.6 Å². The number of rotatable bonds is 20. The molecule has 2 rings (SSSR count). The smallest absolute Gasteiger partial charge is 0.159 e. The predicted molar refractivity (Wildman–Crippen MR) is 168 cm³/mol. The van der Waals surface area contributed by atoms with E-state index in [2.05, 4.69) is 73.9 Å². The maximum atomic E-state index is 5.85. The molecular weight excluding hydrogens is 485 g/mol. The van der Waals surface area contributed by atoms with E-state index in [1.165, 1.54) is 88.7 Å². The van der Waals surface area contributed by atoms with Gasteiger partial charge in [0.2, 0.25) is 0 Å². The van der Waals surface area contributed by atoms with E-state index in [9.17, 15) is 0 Å². The highest BCUT2D eigenvalue weighted by Crippen LogP contribution is 2.26. The van der Waals surface area contributed by atoms with Crippen molar-refractivity contribution in [2.45, 2.75) is 135 Å². The minimum Gasteiger partial charge on any atom is -0.490 e. The third-order valence-corrected chi connectivity index (χ3v) is 17.0. The lowest BCUT2D eigenvalue weighted by atomic mass is 10.0. The van der Waals surface area contributed by atoms with Crippen molar-refractivity contribution in [2.75, 3.05) is 6.61 Å². The first kappa shape index (κ1) is 31.7. The summed E-state index contributed by atoms with van der Waals surface area (Å²) >= 11 is 0. The fourth-order valence-corrected chi connectivity index (χ4v) is 19.0. The molecule has 5 heteroatoms. The van der Waals surface area contributed by atoms with Crippen molar-refractivity contribution in [1.29, 1.82) is 0 Å². The van der Waals surface area contributed by atoms with Crippen LogP contribution in [0.3, 0.4) is 0 Å². The molecule has 0 radical (unpaired) electrons. The monoisotopic (exact) mass is 540 g/mol. The van der Waals surface area contributed by atoms with Crippen LogP contribution in [0.2, 0.25) is 44.4 Å². The fourth-order valence-electron chi connectivity index (χ4n) is 5.60. The van der Waals surface area contributed by atoms with Gasteiger partial charge in [-0.05, 0) is 24.8 Å². The van der Waals surface area contributed by atoms with Crippen molar-refractivity contribution >= 4 is 16.1 Å². The molecule has 3 nitrogen and oxygen atoms in total. The van der Waals surface area contributed by atoms with Crippen LogP contribution in [0.1, 0.15) is 89.5 Å². The summed E-state index contributed by atoms with van der Waals surface area (Å²) in [6, 6.07) is 10.3. The number of aromatic nitrogens is 2. The minimum absolute atomic E-state index is 0.754. The van der Waals surface area contributed by atoms with Gasteiger partial charge in [-0.3, -0.25) is 0 Å². The van der Waals surface area contributed by atoms with Crippen LogP contribution in [0.15, 0.2) is 36.7 Å². The molecule has 2 aromatic rings. The second-order valence-corrected chi connectivity index (χ2v) is 24.4. The number of aryl methyl sites for hydroxylation is 1. The summed E-state index contributed by atoms with van der Waals surface area (Å²) in [7, 11) is -1.89. The average molecular weight is 541 g/mol. The Morgan fingerprint density at radius 1 is 0.676 bits per heavy atom. The Morgan fingerprint density at radius 3 is 1.86 bits per heavy atom. The van der Waals surface area contributed by atoms with E-state index < -0.39 is 16.1 Å². The molecule has 0 aliphatic rings. The average Bonchev–Trinajstić information content (AvgIpc) is 2.84. The summed E-state index contributed by atoms with van der Waals surface area (Å²) in [4.78, 5) is 9.09. The van der Waals surface area contributed by atoms with Crippen LogP contribution in [0.4, 0.5) is 0 Å². The standard InChI is InChI=1S/C32H56N2OSi2/c1-7-8-9-10-11-12-14-17-24-35-31-26-33-32(34-27-31)30-22-20-29(21-23-30)19-16-13-15-18-25-37(5,6)28-36(2,3)4/h20-23,26-27H,7-19,24-25,28H2,1-6H3. The van der Waals surface area contributed by atoms with E-state index in [1.807, 2.05) is 12.4 Å². The van der Waals surface area contributed by atoms with Crippen LogP contribution in [-0.2, 0) is 6.42 Å². The maximum absolute atomic E-state index is 5.85. The lowest BCUT2D eigenvalue weighted by Crippen LogP contribution is -2.37. The molecular formula is C32H56N2OSi2. The van der Waals surface area contributed by atoms with Crippen LogP contribution in [0.5, 0.6) is 5.75 Å². The molecule has 37 heavy (non-hydrogen) atoms. The molecule has 0 saturated carbocycles. The first-order chi connectivity index (χ1) is 17.7. The lowest BCUT2D eigenvalue weighted by molar-refractivity contribution is 0.302. The van der Waals surface area contributed by atoms with Crippen LogP contribution >= 0.6 is 0 Å². The Bertz CT molecular complexity index is 845. The van der Waals surface area contributed by atoms with Crippen LogP contribution in [-0.4, -0.2) is 32.7 Å². The summed E-state index contributed by atoms with van der Waals surface area (Å²) in [6.45, 7) is 15.8. The highest BCUT2D eigenvalue weighted by atomic mass is 28.4. The number of hydrogen-bond acceptors (Lipinski definition) is 3. The van der Waals surface area contributed by atoms with Crippen molar-refractivity contribution in [3.05, 3.63) is 42.2 Å². The van der Waals surface area contributed by atoms with Gasteiger partial charge in [-0.25, -0.2) is 9.97 Å². The van der Waals surface area contributed by atoms with E-state index in [-0.39, 0.29) is 0 Å². The normalized spacial score (nSPS) is 12.2. The van der Waals surface area contributed by atoms with Gasteiger partial charge >= 0.3 is 0 Å². The Labute approximate surface area is 231 Å². The second kappa shape index (κ2) is 17.2. The van der Waals surface area contributed by atoms with Gasteiger partial charge in [-0.15, -0.1) is 0 Å². The lowest BCUT2D eigenvalue weighted by Gasteiger charge is -2.29. The maximum Gasteiger partial charge on any atom is 0.159 e. The quantitative estimate of drug-likeness (QED) is 0.124. The minimum atomic E-state index is -0.980. The summed E-state index contributed by atoms with van der Waals surface area (Å²) in [5.41, 5.74) is 4.07. The van der Waals surface area contributed by atoms with E-state index in [0.717, 1.165) is 30.2 Å². The Kier molecular flexibility index (Phi) is 14.7. The summed E-state index contributed by atoms with van der Waals surface area (Å²) in [5, 5.41) is 0. The summed E-state index contributed by atoms with van der Waals surface area (Å²) in [5.74, 6) is 1.55. The predicted octanol–water partition coefficient (Wildman–Crippen LogP) is 10.4. The van der Waals surface area contributed by atoms with Crippen LogP contribution < -0.4 is 4.74 Å². The molecule has 0 atom stereocenters. The SMILES string of the molecule is CCCCCCCCCCOc1cnc(-c2ccc(CCCCCC[Si](C)(C)C[Si](C)(C)C)cc2)nc1. The third kappa shape index (κ3) is 14.9. The molecule has 0 N–H and O–H groups in total. The first-order valence-electron chi connectivity index (χ1n) is 15.2. The third-order valence-electron chi connectivity index (χ3n) is 7.18. The van der Waals surface area contributed by atoms with E-state index in [4.69, 9.17) is 4.74 Å². The zero-order valence-electron chi connectivity index (χ0n) is 25.1. The zero-order valence-corrected chi connectivity index (χ0v) is 27.1. The molecule has 0 aliphatic heterocycles.